The minimum atomic E-state index is -0.108. The van der Waals surface area contributed by atoms with E-state index in [0.717, 1.165) is 11.3 Å². The Bertz CT molecular complexity index is 1090. The zero-order valence-corrected chi connectivity index (χ0v) is 16.3. The number of likely N-dealkylation sites (tertiary alicyclic amines) is 1. The van der Waals surface area contributed by atoms with Crippen molar-refractivity contribution in [2.45, 2.75) is 25.8 Å². The number of benzene rings is 2. The molecule has 2 heterocycles. The van der Waals surface area contributed by atoms with Gasteiger partial charge in [-0.15, -0.1) is 0 Å². The summed E-state index contributed by atoms with van der Waals surface area (Å²) in [4.78, 5) is 31.6. The van der Waals surface area contributed by atoms with E-state index in [9.17, 15) is 9.59 Å². The number of para-hydroxylation sites is 2. The lowest BCUT2D eigenvalue weighted by atomic mass is 10.0. The van der Waals surface area contributed by atoms with E-state index in [1.807, 2.05) is 31.2 Å². The van der Waals surface area contributed by atoms with Crippen molar-refractivity contribution in [3.05, 3.63) is 69.7 Å². The normalized spacial score (nSPS) is 15.0. The first-order valence-electron chi connectivity index (χ1n) is 9.31. The number of halogens is 1. The lowest BCUT2D eigenvalue weighted by Crippen LogP contribution is -2.42. The van der Waals surface area contributed by atoms with Crippen molar-refractivity contribution >= 4 is 34.2 Å². The Morgan fingerprint density at radius 1 is 1.14 bits per heavy atom. The van der Waals surface area contributed by atoms with Crippen LogP contribution < -0.4 is 10.9 Å². The molecule has 28 heavy (non-hydrogen) atoms. The number of hydrogen-bond donors (Lipinski definition) is 1. The lowest BCUT2D eigenvalue weighted by molar-refractivity contribution is 0.182. The summed E-state index contributed by atoms with van der Waals surface area (Å²) >= 11 is 6.14. The maximum absolute atomic E-state index is 12.8. The molecule has 0 saturated carbocycles. The molecule has 6 nitrogen and oxygen atoms in total. The summed E-state index contributed by atoms with van der Waals surface area (Å²) in [5, 5.41) is 3.97. The van der Waals surface area contributed by atoms with Gasteiger partial charge in [0, 0.05) is 24.8 Å². The van der Waals surface area contributed by atoms with E-state index in [0.29, 0.717) is 41.9 Å². The van der Waals surface area contributed by atoms with E-state index in [4.69, 9.17) is 11.6 Å². The zero-order chi connectivity index (χ0) is 19.7. The second kappa shape index (κ2) is 7.64. The Labute approximate surface area is 167 Å². The number of fused-ring (bicyclic) bond motifs is 1. The van der Waals surface area contributed by atoms with E-state index in [1.54, 1.807) is 34.0 Å². The largest absolute Gasteiger partial charge is 0.324 e. The highest BCUT2D eigenvalue weighted by Gasteiger charge is 2.25. The van der Waals surface area contributed by atoms with E-state index < -0.39 is 0 Å². The molecule has 1 aromatic heterocycles. The van der Waals surface area contributed by atoms with Gasteiger partial charge in [-0.3, -0.25) is 9.36 Å². The van der Waals surface area contributed by atoms with Gasteiger partial charge in [0.1, 0.15) is 0 Å². The fourth-order valence-electron chi connectivity index (χ4n) is 3.65. The van der Waals surface area contributed by atoms with Crippen LogP contribution in [0.25, 0.3) is 10.9 Å². The number of hydrogen-bond acceptors (Lipinski definition) is 3. The molecule has 3 aromatic rings. The van der Waals surface area contributed by atoms with Gasteiger partial charge in [-0.1, -0.05) is 35.9 Å². The fraction of sp³-hybridized carbons (Fsp3) is 0.286. The van der Waals surface area contributed by atoms with Crippen molar-refractivity contribution in [2.24, 2.45) is 0 Å². The van der Waals surface area contributed by atoms with Crippen molar-refractivity contribution in [2.75, 3.05) is 18.4 Å². The fourth-order valence-corrected chi connectivity index (χ4v) is 3.87. The van der Waals surface area contributed by atoms with Gasteiger partial charge in [0.05, 0.1) is 22.3 Å². The summed E-state index contributed by atoms with van der Waals surface area (Å²) < 4.78 is 1.68. The number of aromatic nitrogens is 2. The molecule has 0 radical (unpaired) electrons. The minimum absolute atomic E-state index is 0.0193. The first kappa shape index (κ1) is 18.5. The Kier molecular flexibility index (Phi) is 5.05. The van der Waals surface area contributed by atoms with Crippen molar-refractivity contribution < 1.29 is 4.79 Å². The standard InChI is InChI=1S/C21H21ClN4O2/c1-14-5-2-3-8-18(14)24-21(28)25-11-9-15(10-12-25)26-13-23-19-16(20(26)27)6-4-7-17(19)22/h2-8,13,15H,9-12H2,1H3,(H,24,28). The van der Waals surface area contributed by atoms with Crippen LogP contribution in [0.1, 0.15) is 24.4 Å². The van der Waals surface area contributed by atoms with E-state index in [1.165, 1.54) is 0 Å². The molecular formula is C21H21ClN4O2. The summed E-state index contributed by atoms with van der Waals surface area (Å²) in [6, 6.07) is 12.9. The number of amides is 2. The minimum Gasteiger partial charge on any atom is -0.324 e. The molecule has 0 aliphatic carbocycles. The SMILES string of the molecule is Cc1ccccc1NC(=O)N1CCC(n2cnc3c(Cl)cccc3c2=O)CC1. The van der Waals surface area contributed by atoms with Crippen LogP contribution in [-0.2, 0) is 0 Å². The van der Waals surface area contributed by atoms with Crippen LogP contribution in [-0.4, -0.2) is 33.6 Å². The third-order valence-electron chi connectivity index (χ3n) is 5.29. The van der Waals surface area contributed by atoms with Crippen LogP contribution in [0.2, 0.25) is 5.02 Å². The number of carbonyl (C=O) groups excluding carboxylic acids is 1. The number of nitrogens with one attached hydrogen (secondary N) is 1. The molecule has 0 spiro atoms. The monoisotopic (exact) mass is 396 g/mol. The molecule has 1 N–H and O–H groups in total. The molecule has 1 fully saturated rings. The number of aryl methyl sites for hydroxylation is 1. The summed E-state index contributed by atoms with van der Waals surface area (Å²) in [6.45, 7) is 3.14. The molecular weight excluding hydrogens is 376 g/mol. The summed E-state index contributed by atoms with van der Waals surface area (Å²) in [5.74, 6) is 0. The maximum atomic E-state index is 12.8. The van der Waals surface area contributed by atoms with Gasteiger partial charge in [-0.25, -0.2) is 9.78 Å². The average Bonchev–Trinajstić information content (AvgIpc) is 2.71. The van der Waals surface area contributed by atoms with Gasteiger partial charge < -0.3 is 10.2 Å². The van der Waals surface area contributed by atoms with Crippen LogP contribution in [0.4, 0.5) is 10.5 Å². The summed E-state index contributed by atoms with van der Waals surface area (Å²) in [6.07, 6.45) is 2.98. The highest BCUT2D eigenvalue weighted by Crippen LogP contribution is 2.24. The van der Waals surface area contributed by atoms with Gasteiger partial charge in [-0.05, 0) is 43.5 Å². The molecule has 7 heteroatoms. The van der Waals surface area contributed by atoms with Crippen molar-refractivity contribution in [3.63, 3.8) is 0 Å². The lowest BCUT2D eigenvalue weighted by Gasteiger charge is -2.33. The molecule has 0 unspecified atom stereocenters. The van der Waals surface area contributed by atoms with Gasteiger partial charge in [0.25, 0.3) is 5.56 Å². The van der Waals surface area contributed by atoms with Crippen LogP contribution in [0.3, 0.4) is 0 Å². The molecule has 144 valence electrons. The highest BCUT2D eigenvalue weighted by atomic mass is 35.5. The van der Waals surface area contributed by atoms with Gasteiger partial charge in [0.15, 0.2) is 0 Å². The van der Waals surface area contributed by atoms with Crippen LogP contribution in [0.5, 0.6) is 0 Å². The molecule has 0 bridgehead atoms. The van der Waals surface area contributed by atoms with Crippen molar-refractivity contribution in [3.8, 4) is 0 Å². The number of carbonyl (C=O) groups is 1. The van der Waals surface area contributed by atoms with Crippen molar-refractivity contribution in [1.29, 1.82) is 0 Å². The summed E-state index contributed by atoms with van der Waals surface area (Å²) in [5.41, 5.74) is 2.29. The van der Waals surface area contributed by atoms with E-state index in [-0.39, 0.29) is 17.6 Å². The molecule has 2 amide bonds. The van der Waals surface area contributed by atoms with Gasteiger partial charge >= 0.3 is 6.03 Å². The third kappa shape index (κ3) is 3.47. The maximum Gasteiger partial charge on any atom is 0.321 e. The number of rotatable bonds is 2. The predicted octanol–water partition coefficient (Wildman–Crippen LogP) is 4.23. The van der Waals surface area contributed by atoms with Crippen LogP contribution in [0.15, 0.2) is 53.6 Å². The Morgan fingerprint density at radius 2 is 1.89 bits per heavy atom. The molecule has 1 saturated heterocycles. The topological polar surface area (TPSA) is 67.2 Å². The van der Waals surface area contributed by atoms with Crippen LogP contribution in [0, 0.1) is 6.92 Å². The number of urea groups is 1. The molecule has 2 aromatic carbocycles. The Morgan fingerprint density at radius 3 is 2.64 bits per heavy atom. The number of nitrogens with zero attached hydrogens (tertiary/aromatic N) is 3. The van der Waals surface area contributed by atoms with Gasteiger partial charge in [0.2, 0.25) is 0 Å². The predicted molar refractivity (Wildman–Crippen MR) is 111 cm³/mol. The summed E-state index contributed by atoms with van der Waals surface area (Å²) in [7, 11) is 0. The molecule has 1 aliphatic rings. The van der Waals surface area contributed by atoms with Crippen LogP contribution >= 0.6 is 11.6 Å². The average molecular weight is 397 g/mol. The first-order valence-corrected chi connectivity index (χ1v) is 9.69. The second-order valence-electron chi connectivity index (χ2n) is 7.06. The molecule has 0 atom stereocenters. The van der Waals surface area contributed by atoms with Crippen molar-refractivity contribution in [1.82, 2.24) is 14.5 Å². The molecule has 1 aliphatic heterocycles. The highest BCUT2D eigenvalue weighted by molar-refractivity contribution is 6.34. The first-order chi connectivity index (χ1) is 13.5. The Balaban J connectivity index is 1.46. The number of anilines is 1. The molecule has 4 rings (SSSR count). The van der Waals surface area contributed by atoms with E-state index >= 15 is 0 Å². The Hall–Kier alpha value is -2.86. The second-order valence-corrected chi connectivity index (χ2v) is 7.46. The smallest absolute Gasteiger partial charge is 0.321 e. The zero-order valence-electron chi connectivity index (χ0n) is 15.6. The number of piperidine rings is 1. The third-order valence-corrected chi connectivity index (χ3v) is 5.60. The quantitative estimate of drug-likeness (QED) is 0.704. The van der Waals surface area contributed by atoms with E-state index in [2.05, 4.69) is 10.3 Å². The van der Waals surface area contributed by atoms with Gasteiger partial charge in [-0.2, -0.15) is 0 Å².